The van der Waals surface area contributed by atoms with Gasteiger partial charge >= 0.3 is 0 Å². The Morgan fingerprint density at radius 2 is 1.72 bits per heavy atom. The van der Waals surface area contributed by atoms with E-state index in [1.807, 2.05) is 6.08 Å². The first-order valence-corrected chi connectivity index (χ1v) is 5.99. The van der Waals surface area contributed by atoms with E-state index in [-0.39, 0.29) is 5.56 Å². The second kappa shape index (κ2) is 7.21. The molecule has 0 spiro atoms. The van der Waals surface area contributed by atoms with Crippen LogP contribution in [0.1, 0.15) is 43.8 Å². The largest absolute Gasteiger partial charge is 0.388 e. The van der Waals surface area contributed by atoms with Crippen molar-refractivity contribution >= 4 is 0 Å². The van der Waals surface area contributed by atoms with Gasteiger partial charge in [-0.3, -0.25) is 0 Å². The molecule has 1 nitrogen and oxygen atoms in total. The van der Waals surface area contributed by atoms with Gasteiger partial charge in [0.05, 0.1) is 6.10 Å². The number of aliphatic hydroxyl groups is 1. The SMILES string of the molecule is C=CCCCCCC(O)c1cc(F)c(F)c(F)c1. The van der Waals surface area contributed by atoms with Crippen LogP contribution in [0.5, 0.6) is 0 Å². The van der Waals surface area contributed by atoms with Gasteiger partial charge < -0.3 is 5.11 Å². The molecule has 1 aromatic rings. The summed E-state index contributed by atoms with van der Waals surface area (Å²) >= 11 is 0. The van der Waals surface area contributed by atoms with Gasteiger partial charge in [0.1, 0.15) is 0 Å². The van der Waals surface area contributed by atoms with Gasteiger partial charge in [-0.1, -0.05) is 18.9 Å². The highest BCUT2D eigenvalue weighted by Crippen LogP contribution is 2.23. The van der Waals surface area contributed by atoms with Crippen molar-refractivity contribution in [3.8, 4) is 0 Å². The Bertz CT molecular complexity index is 381. The maximum absolute atomic E-state index is 13.0. The number of aliphatic hydroxyl groups excluding tert-OH is 1. The lowest BCUT2D eigenvalue weighted by atomic mass is 10.0. The maximum atomic E-state index is 13.0. The van der Waals surface area contributed by atoms with Crippen LogP contribution in [0.3, 0.4) is 0 Å². The molecule has 0 aliphatic rings. The molecule has 4 heteroatoms. The molecule has 0 saturated carbocycles. The summed E-state index contributed by atoms with van der Waals surface area (Å²) in [4.78, 5) is 0. The number of hydrogen-bond acceptors (Lipinski definition) is 1. The van der Waals surface area contributed by atoms with E-state index in [9.17, 15) is 18.3 Å². The zero-order chi connectivity index (χ0) is 13.5. The summed E-state index contributed by atoms with van der Waals surface area (Å²) in [6.45, 7) is 3.60. The Kier molecular flexibility index (Phi) is 5.92. The van der Waals surface area contributed by atoms with Crippen molar-refractivity contribution in [1.29, 1.82) is 0 Å². The summed E-state index contributed by atoms with van der Waals surface area (Å²) in [6.07, 6.45) is 4.81. The van der Waals surface area contributed by atoms with Crippen molar-refractivity contribution < 1.29 is 18.3 Å². The molecule has 0 amide bonds. The van der Waals surface area contributed by atoms with Crippen molar-refractivity contribution in [3.63, 3.8) is 0 Å². The average molecular weight is 258 g/mol. The van der Waals surface area contributed by atoms with Crippen molar-refractivity contribution in [2.75, 3.05) is 0 Å². The lowest BCUT2D eigenvalue weighted by Gasteiger charge is -2.11. The fourth-order valence-electron chi connectivity index (χ4n) is 1.74. The van der Waals surface area contributed by atoms with Crippen molar-refractivity contribution in [1.82, 2.24) is 0 Å². The van der Waals surface area contributed by atoms with Gasteiger partial charge in [0.2, 0.25) is 0 Å². The third-order valence-electron chi connectivity index (χ3n) is 2.78. The molecule has 100 valence electrons. The van der Waals surface area contributed by atoms with Crippen molar-refractivity contribution in [2.24, 2.45) is 0 Å². The predicted molar refractivity (Wildman–Crippen MR) is 64.6 cm³/mol. The van der Waals surface area contributed by atoms with E-state index in [0.717, 1.165) is 37.8 Å². The molecule has 1 N–H and O–H groups in total. The summed E-state index contributed by atoms with van der Waals surface area (Å²) < 4.78 is 38.6. The first kappa shape index (κ1) is 14.8. The Morgan fingerprint density at radius 3 is 2.28 bits per heavy atom. The normalized spacial score (nSPS) is 12.4. The first-order valence-electron chi connectivity index (χ1n) is 5.99. The smallest absolute Gasteiger partial charge is 0.194 e. The number of rotatable bonds is 7. The minimum atomic E-state index is -1.50. The third-order valence-corrected chi connectivity index (χ3v) is 2.78. The molecular weight excluding hydrogens is 241 g/mol. The Labute approximate surface area is 105 Å². The molecule has 0 saturated heterocycles. The molecular formula is C14H17F3O. The second-order valence-corrected chi connectivity index (χ2v) is 4.24. The number of halogens is 3. The van der Waals surface area contributed by atoms with Crippen LogP contribution >= 0.6 is 0 Å². The van der Waals surface area contributed by atoms with Crippen LogP contribution in [0.15, 0.2) is 24.8 Å². The fraction of sp³-hybridized carbons (Fsp3) is 0.429. The highest BCUT2D eigenvalue weighted by molar-refractivity contribution is 5.21. The minimum Gasteiger partial charge on any atom is -0.388 e. The van der Waals surface area contributed by atoms with E-state index in [1.165, 1.54) is 0 Å². The highest BCUT2D eigenvalue weighted by Gasteiger charge is 2.15. The van der Waals surface area contributed by atoms with Gasteiger partial charge in [-0.2, -0.15) is 0 Å². The lowest BCUT2D eigenvalue weighted by molar-refractivity contribution is 0.162. The minimum absolute atomic E-state index is 0.0788. The summed E-state index contributed by atoms with van der Waals surface area (Å²) in [5, 5.41) is 9.74. The number of hydrogen-bond donors (Lipinski definition) is 1. The van der Waals surface area contributed by atoms with Crippen LogP contribution in [-0.4, -0.2) is 5.11 Å². The van der Waals surface area contributed by atoms with Gasteiger partial charge in [0, 0.05) is 0 Å². The molecule has 1 atom stereocenters. The molecule has 0 heterocycles. The van der Waals surface area contributed by atoms with Crippen LogP contribution in [0.25, 0.3) is 0 Å². The van der Waals surface area contributed by atoms with Crippen LogP contribution in [-0.2, 0) is 0 Å². The number of allylic oxidation sites excluding steroid dienone is 1. The zero-order valence-corrected chi connectivity index (χ0v) is 10.1. The first-order chi connectivity index (χ1) is 8.56. The van der Waals surface area contributed by atoms with E-state index in [1.54, 1.807) is 0 Å². The quantitative estimate of drug-likeness (QED) is 0.440. The van der Waals surface area contributed by atoms with Crippen molar-refractivity contribution in [2.45, 2.75) is 38.2 Å². The molecule has 0 bridgehead atoms. The van der Waals surface area contributed by atoms with Crippen LogP contribution in [0.4, 0.5) is 13.2 Å². The Hall–Kier alpha value is -1.29. The van der Waals surface area contributed by atoms with Gasteiger partial charge in [0.15, 0.2) is 17.5 Å². The highest BCUT2D eigenvalue weighted by atomic mass is 19.2. The van der Waals surface area contributed by atoms with Crippen LogP contribution in [0.2, 0.25) is 0 Å². The number of unbranched alkanes of at least 4 members (excludes halogenated alkanes) is 3. The summed E-state index contributed by atoms with van der Waals surface area (Å²) in [7, 11) is 0. The van der Waals surface area contributed by atoms with E-state index < -0.39 is 23.6 Å². The molecule has 0 fully saturated rings. The van der Waals surface area contributed by atoms with E-state index in [4.69, 9.17) is 0 Å². The summed E-state index contributed by atoms with van der Waals surface area (Å²) in [5.74, 6) is -4.04. The molecule has 1 unspecified atom stereocenters. The molecule has 18 heavy (non-hydrogen) atoms. The fourth-order valence-corrected chi connectivity index (χ4v) is 1.74. The lowest BCUT2D eigenvalue weighted by Crippen LogP contribution is -2.01. The molecule has 1 rings (SSSR count). The standard InChI is InChI=1S/C14H17F3O/c1-2-3-4-5-6-7-13(18)10-8-11(15)14(17)12(16)9-10/h2,8-9,13,18H,1,3-7H2. The van der Waals surface area contributed by atoms with Crippen molar-refractivity contribution in [3.05, 3.63) is 47.8 Å². The average Bonchev–Trinajstić information content (AvgIpc) is 2.34. The van der Waals surface area contributed by atoms with Gasteiger partial charge in [0.25, 0.3) is 0 Å². The molecule has 0 aromatic heterocycles. The van der Waals surface area contributed by atoms with Crippen LogP contribution < -0.4 is 0 Å². The number of benzene rings is 1. The maximum Gasteiger partial charge on any atom is 0.194 e. The van der Waals surface area contributed by atoms with Crippen LogP contribution in [0, 0.1) is 17.5 Å². The molecule has 1 aromatic carbocycles. The topological polar surface area (TPSA) is 20.2 Å². The predicted octanol–water partition coefficient (Wildman–Crippen LogP) is 4.27. The molecule has 0 aliphatic heterocycles. The molecule has 0 radical (unpaired) electrons. The summed E-state index contributed by atoms with van der Waals surface area (Å²) in [5.41, 5.74) is 0.0788. The monoisotopic (exact) mass is 258 g/mol. The van der Waals surface area contributed by atoms with E-state index in [2.05, 4.69) is 6.58 Å². The Balaban J connectivity index is 2.51. The zero-order valence-electron chi connectivity index (χ0n) is 10.1. The van der Waals surface area contributed by atoms with Gasteiger partial charge in [-0.25, -0.2) is 13.2 Å². The third kappa shape index (κ3) is 4.18. The molecule has 0 aliphatic carbocycles. The van der Waals surface area contributed by atoms with E-state index in [0.29, 0.717) is 6.42 Å². The second-order valence-electron chi connectivity index (χ2n) is 4.24. The van der Waals surface area contributed by atoms with Gasteiger partial charge in [-0.15, -0.1) is 6.58 Å². The van der Waals surface area contributed by atoms with Gasteiger partial charge in [-0.05, 0) is 37.0 Å². The summed E-state index contributed by atoms with van der Waals surface area (Å²) in [6, 6.07) is 1.68. The van der Waals surface area contributed by atoms with E-state index >= 15 is 0 Å². The Morgan fingerprint density at radius 1 is 1.11 bits per heavy atom.